The molecule has 2 rings (SSSR count). The Labute approximate surface area is 153 Å². The summed E-state index contributed by atoms with van der Waals surface area (Å²) in [5.74, 6) is 1.86. The minimum absolute atomic E-state index is 0.0456. The molecule has 0 saturated carbocycles. The van der Waals surface area contributed by atoms with Crippen LogP contribution < -0.4 is 14.2 Å². The second kappa shape index (κ2) is 8.62. The third-order valence-corrected chi connectivity index (χ3v) is 4.24. The lowest BCUT2D eigenvalue weighted by molar-refractivity contribution is -0.132. The molecule has 0 bridgehead atoms. The van der Waals surface area contributed by atoms with Gasteiger partial charge in [-0.2, -0.15) is 0 Å². The quantitative estimate of drug-likeness (QED) is 0.752. The van der Waals surface area contributed by atoms with E-state index in [1.807, 2.05) is 25.1 Å². The molecule has 0 radical (unpaired) electrons. The van der Waals surface area contributed by atoms with Gasteiger partial charge in [0.1, 0.15) is 17.2 Å². The molecule has 0 aliphatic rings. The Hall–Kier alpha value is -2.40. The highest BCUT2D eigenvalue weighted by Crippen LogP contribution is 2.25. The minimum Gasteiger partial charge on any atom is -0.497 e. The number of likely N-dealkylation sites (N-methyl/N-ethyl adjacent to an activating group) is 1. The summed E-state index contributed by atoms with van der Waals surface area (Å²) in [6.45, 7) is 2.25. The van der Waals surface area contributed by atoms with E-state index in [4.69, 9.17) is 25.8 Å². The van der Waals surface area contributed by atoms with Crippen LogP contribution in [0.1, 0.15) is 11.1 Å². The predicted molar refractivity (Wildman–Crippen MR) is 97.7 cm³/mol. The van der Waals surface area contributed by atoms with Crippen LogP contribution >= 0.6 is 11.6 Å². The molecule has 0 spiro atoms. The fourth-order valence-electron chi connectivity index (χ4n) is 2.29. The van der Waals surface area contributed by atoms with E-state index < -0.39 is 0 Å². The Balaban J connectivity index is 1.97. The number of hydrogen-bond acceptors (Lipinski definition) is 4. The lowest BCUT2D eigenvalue weighted by atomic mass is 10.2. The highest BCUT2D eigenvalue weighted by Gasteiger charge is 2.14. The van der Waals surface area contributed by atoms with Crippen molar-refractivity contribution in [3.05, 3.63) is 52.5 Å². The van der Waals surface area contributed by atoms with Crippen molar-refractivity contribution in [3.63, 3.8) is 0 Å². The Morgan fingerprint density at radius 1 is 1.08 bits per heavy atom. The van der Waals surface area contributed by atoms with Crippen molar-refractivity contribution < 1.29 is 19.0 Å². The lowest BCUT2D eigenvalue weighted by Gasteiger charge is -2.19. The molecule has 134 valence electrons. The average Bonchev–Trinajstić information content (AvgIpc) is 2.62. The van der Waals surface area contributed by atoms with Gasteiger partial charge < -0.3 is 19.1 Å². The van der Waals surface area contributed by atoms with Gasteiger partial charge in [-0.1, -0.05) is 11.6 Å². The SMILES string of the molecule is COc1ccc(CN(C)C(=O)COc2ccc(Cl)c(C)c2)c(OC)c1. The average molecular weight is 364 g/mol. The van der Waals surface area contributed by atoms with Crippen LogP contribution in [0, 0.1) is 6.92 Å². The standard InChI is InChI=1S/C19H22ClNO4/c1-13-9-16(7-8-17(13)20)25-12-19(22)21(2)11-14-5-6-15(23-3)10-18(14)24-4/h5-10H,11-12H2,1-4H3. The maximum Gasteiger partial charge on any atom is 0.260 e. The molecule has 0 heterocycles. The fraction of sp³-hybridized carbons (Fsp3) is 0.316. The van der Waals surface area contributed by atoms with Crippen LogP contribution in [-0.2, 0) is 11.3 Å². The summed E-state index contributed by atoms with van der Waals surface area (Å²) in [4.78, 5) is 13.9. The number of amides is 1. The fourth-order valence-corrected chi connectivity index (χ4v) is 2.41. The van der Waals surface area contributed by atoms with Crippen LogP contribution in [0.3, 0.4) is 0 Å². The van der Waals surface area contributed by atoms with Crippen LogP contribution in [0.25, 0.3) is 0 Å². The summed E-state index contributed by atoms with van der Waals surface area (Å²) in [5, 5.41) is 0.669. The van der Waals surface area contributed by atoms with E-state index in [-0.39, 0.29) is 12.5 Å². The molecule has 2 aromatic carbocycles. The number of carbonyl (C=O) groups is 1. The molecular formula is C19H22ClNO4. The molecule has 1 amide bonds. The number of rotatable bonds is 7. The Bertz CT molecular complexity index is 748. The van der Waals surface area contributed by atoms with Crippen LogP contribution in [0.5, 0.6) is 17.2 Å². The molecule has 0 aliphatic carbocycles. The summed E-state index contributed by atoms with van der Waals surface area (Å²) in [7, 11) is 4.91. The van der Waals surface area contributed by atoms with Gasteiger partial charge in [0.05, 0.1) is 14.2 Å². The molecule has 6 heteroatoms. The minimum atomic E-state index is -0.134. The molecule has 0 aromatic heterocycles. The van der Waals surface area contributed by atoms with Gasteiger partial charge in [-0.25, -0.2) is 0 Å². The van der Waals surface area contributed by atoms with Gasteiger partial charge in [0.15, 0.2) is 6.61 Å². The van der Waals surface area contributed by atoms with E-state index in [0.29, 0.717) is 28.8 Å². The monoisotopic (exact) mass is 363 g/mol. The zero-order valence-electron chi connectivity index (χ0n) is 14.8. The Kier molecular flexibility index (Phi) is 6.53. The first-order valence-electron chi connectivity index (χ1n) is 7.78. The normalized spacial score (nSPS) is 10.3. The first kappa shape index (κ1) is 18.9. The third kappa shape index (κ3) is 5.03. The largest absolute Gasteiger partial charge is 0.497 e. The zero-order valence-corrected chi connectivity index (χ0v) is 15.6. The van der Waals surface area contributed by atoms with Crippen molar-refractivity contribution in [1.29, 1.82) is 0 Å². The number of ether oxygens (including phenoxy) is 3. The van der Waals surface area contributed by atoms with Crippen molar-refractivity contribution in [2.75, 3.05) is 27.9 Å². The number of aryl methyl sites for hydroxylation is 1. The molecule has 5 nitrogen and oxygen atoms in total. The van der Waals surface area contributed by atoms with Crippen molar-refractivity contribution in [1.82, 2.24) is 4.90 Å². The zero-order chi connectivity index (χ0) is 18.4. The van der Waals surface area contributed by atoms with Crippen molar-refractivity contribution in [2.24, 2.45) is 0 Å². The lowest BCUT2D eigenvalue weighted by Crippen LogP contribution is -2.31. The van der Waals surface area contributed by atoms with Gasteiger partial charge in [0, 0.05) is 30.2 Å². The van der Waals surface area contributed by atoms with Crippen LogP contribution in [0.2, 0.25) is 5.02 Å². The van der Waals surface area contributed by atoms with E-state index in [2.05, 4.69) is 0 Å². The molecule has 0 unspecified atom stereocenters. The first-order valence-corrected chi connectivity index (χ1v) is 8.16. The number of carbonyl (C=O) groups excluding carboxylic acids is 1. The second-order valence-corrected chi connectivity index (χ2v) is 6.03. The molecule has 0 saturated heterocycles. The Morgan fingerprint density at radius 3 is 2.44 bits per heavy atom. The number of halogens is 1. The molecule has 0 aliphatic heterocycles. The van der Waals surface area contributed by atoms with Gasteiger partial charge in [-0.15, -0.1) is 0 Å². The van der Waals surface area contributed by atoms with Crippen LogP contribution in [-0.4, -0.2) is 38.7 Å². The highest BCUT2D eigenvalue weighted by atomic mass is 35.5. The first-order chi connectivity index (χ1) is 11.9. The maximum absolute atomic E-state index is 12.3. The number of methoxy groups -OCH3 is 2. The summed E-state index contributed by atoms with van der Waals surface area (Å²) in [6, 6.07) is 10.8. The van der Waals surface area contributed by atoms with Crippen molar-refractivity contribution in [2.45, 2.75) is 13.5 Å². The van der Waals surface area contributed by atoms with Gasteiger partial charge >= 0.3 is 0 Å². The topological polar surface area (TPSA) is 48.0 Å². The third-order valence-electron chi connectivity index (χ3n) is 3.82. The molecule has 0 atom stereocenters. The van der Waals surface area contributed by atoms with E-state index in [1.165, 1.54) is 0 Å². The maximum atomic E-state index is 12.3. The van der Waals surface area contributed by atoms with Crippen LogP contribution in [0.15, 0.2) is 36.4 Å². The van der Waals surface area contributed by atoms with Gasteiger partial charge in [0.25, 0.3) is 5.91 Å². The summed E-state index contributed by atoms with van der Waals surface area (Å²) in [6.07, 6.45) is 0. The van der Waals surface area contributed by atoms with Crippen molar-refractivity contribution >= 4 is 17.5 Å². The molecule has 0 N–H and O–H groups in total. The van der Waals surface area contributed by atoms with E-state index >= 15 is 0 Å². The predicted octanol–water partition coefficient (Wildman–Crippen LogP) is 3.70. The smallest absolute Gasteiger partial charge is 0.260 e. The molecule has 0 fully saturated rings. The molecule has 25 heavy (non-hydrogen) atoms. The van der Waals surface area contributed by atoms with Crippen LogP contribution in [0.4, 0.5) is 0 Å². The molecule has 2 aromatic rings. The highest BCUT2D eigenvalue weighted by molar-refractivity contribution is 6.31. The van der Waals surface area contributed by atoms with E-state index in [0.717, 1.165) is 11.1 Å². The number of benzene rings is 2. The summed E-state index contributed by atoms with van der Waals surface area (Å²) in [5.41, 5.74) is 1.80. The summed E-state index contributed by atoms with van der Waals surface area (Å²) >= 11 is 5.98. The number of nitrogens with zero attached hydrogens (tertiary/aromatic N) is 1. The van der Waals surface area contributed by atoms with Crippen molar-refractivity contribution in [3.8, 4) is 17.2 Å². The number of hydrogen-bond donors (Lipinski definition) is 0. The van der Waals surface area contributed by atoms with E-state index in [1.54, 1.807) is 44.4 Å². The van der Waals surface area contributed by atoms with Gasteiger partial charge in [-0.3, -0.25) is 4.79 Å². The molecular weight excluding hydrogens is 342 g/mol. The summed E-state index contributed by atoms with van der Waals surface area (Å²) < 4.78 is 16.1. The second-order valence-electron chi connectivity index (χ2n) is 5.63. The van der Waals surface area contributed by atoms with Gasteiger partial charge in [0.2, 0.25) is 0 Å². The van der Waals surface area contributed by atoms with E-state index in [9.17, 15) is 4.79 Å². The Morgan fingerprint density at radius 2 is 1.80 bits per heavy atom. The van der Waals surface area contributed by atoms with Gasteiger partial charge in [-0.05, 0) is 42.8 Å².